The summed E-state index contributed by atoms with van der Waals surface area (Å²) in [5, 5.41) is 10.2. The third-order valence-corrected chi connectivity index (χ3v) is 10.2. The van der Waals surface area contributed by atoms with Gasteiger partial charge in [0.15, 0.2) is 76.0 Å². The molecule has 0 aliphatic heterocycles. The number of fused-ring (bicyclic) bond motifs is 1. The molecule has 1 aromatic heterocycles. The summed E-state index contributed by atoms with van der Waals surface area (Å²) in [4.78, 5) is 23.8. The smallest absolute Gasteiger partial charge is 0.342 e. The van der Waals surface area contributed by atoms with Gasteiger partial charge in [-0.25, -0.2) is 92.6 Å². The molecule has 1 N–H and O–H groups in total. The van der Waals surface area contributed by atoms with Crippen LogP contribution in [0.15, 0.2) is 66.9 Å². The van der Waals surface area contributed by atoms with Gasteiger partial charge in [-0.3, -0.25) is 4.79 Å². The molecule has 0 atom stereocenters. The minimum absolute atomic E-state index is 0.0571. The highest BCUT2D eigenvalue weighted by atomic mass is 19.2. The Balaban J connectivity index is 0.000000279. The number of hydrogen-bond donors (Lipinski definition) is 1. The molecule has 0 saturated carbocycles. The number of aromatic nitrogens is 1. The molecule has 0 fully saturated rings. The molecule has 0 aliphatic carbocycles. The van der Waals surface area contributed by atoms with Crippen molar-refractivity contribution in [2.24, 2.45) is 0 Å². The fraction of sp³-hybridized carbons (Fsp3) is 0.0238. The molecule has 0 unspecified atom stereocenters. The molecule has 348 valence electrons. The van der Waals surface area contributed by atoms with E-state index in [1.807, 2.05) is 36.4 Å². The van der Waals surface area contributed by atoms with Gasteiger partial charge < -0.3 is 5.11 Å². The number of carbonyl (C=O) groups excluding carboxylic acids is 1. The highest BCUT2D eigenvalue weighted by Gasteiger charge is 2.52. The highest BCUT2D eigenvalue weighted by molar-refractivity contribution is 7.20. The van der Waals surface area contributed by atoms with Gasteiger partial charge in [-0.15, -0.1) is 21.9 Å². The van der Waals surface area contributed by atoms with E-state index in [9.17, 15) is 67.4 Å². The van der Waals surface area contributed by atoms with Crippen molar-refractivity contribution in [2.45, 2.75) is 6.54 Å². The number of carboxylic acid groups (broad SMARTS) is 1. The molecular weight excluding hydrogens is 957 g/mol. The summed E-state index contributed by atoms with van der Waals surface area (Å²) in [5.41, 5.74) is -13.0. The van der Waals surface area contributed by atoms with E-state index in [1.165, 1.54) is 0 Å². The Hall–Kier alpha value is -7.47. The van der Waals surface area contributed by atoms with Crippen LogP contribution in [-0.4, -0.2) is 23.0 Å². The van der Waals surface area contributed by atoms with Crippen molar-refractivity contribution in [2.75, 3.05) is 0 Å². The molecule has 7 rings (SSSR count). The van der Waals surface area contributed by atoms with Crippen LogP contribution in [0.25, 0.3) is 10.9 Å². The number of halogens is 20. The van der Waals surface area contributed by atoms with E-state index in [-0.39, 0.29) is 17.9 Å². The number of hydrogen-bond acceptors (Lipinski definition) is 2. The van der Waals surface area contributed by atoms with Gasteiger partial charge in [0.25, 0.3) is 0 Å². The van der Waals surface area contributed by atoms with Crippen LogP contribution in [0.4, 0.5) is 87.8 Å². The fourth-order valence-electron chi connectivity index (χ4n) is 7.39. The summed E-state index contributed by atoms with van der Waals surface area (Å²) in [6, 6.07) is 17.7. The van der Waals surface area contributed by atoms with E-state index in [0.717, 1.165) is 5.39 Å². The number of nitrogens with zero attached hydrogens (tertiary/aromatic N) is 1. The van der Waals surface area contributed by atoms with Crippen molar-refractivity contribution >= 4 is 50.7 Å². The van der Waals surface area contributed by atoms with E-state index in [4.69, 9.17) is 0 Å². The van der Waals surface area contributed by atoms with E-state index >= 15 is 35.1 Å². The first kappa shape index (κ1) is 49.0. The highest BCUT2D eigenvalue weighted by Crippen LogP contribution is 2.31. The Kier molecular flexibility index (Phi) is 13.2. The van der Waals surface area contributed by atoms with Crippen LogP contribution in [-0.2, 0) is 6.54 Å². The maximum atomic E-state index is 15.4. The van der Waals surface area contributed by atoms with Crippen LogP contribution in [0.3, 0.4) is 0 Å². The minimum Gasteiger partial charge on any atom is -0.477 e. The molecular formula is C42H14BF20NO3. The zero-order valence-electron chi connectivity index (χ0n) is 31.9. The standard InChI is InChI=1S/C24BF20.C18H13NO3/c26-5-1(6(27)14(35)21(42)13(5)34)25(2-7(28)15(36)22(43)16(37)8(2)29,3-9(30)17(38)23(44)18(39)10(3)31)4-11(32)19(40)24(45)20(41)12(4)33;20-16(13-6-2-1-3-7-13)12-19-11-5-9-14-8-4-10-15(17(14)19)18(21)22/h;1-11H,12H2/q-1;/p+1. The lowest BCUT2D eigenvalue weighted by Crippen LogP contribution is -2.81. The first-order valence-electron chi connectivity index (χ1n) is 17.8. The number of carboxylic acids is 1. The number of para-hydroxylation sites is 1. The first-order chi connectivity index (χ1) is 31.4. The molecule has 1 heterocycles. The molecule has 0 saturated heterocycles. The van der Waals surface area contributed by atoms with Crippen molar-refractivity contribution in [3.63, 3.8) is 0 Å². The Morgan fingerprint density at radius 1 is 0.388 bits per heavy atom. The van der Waals surface area contributed by atoms with Gasteiger partial charge in [-0.1, -0.05) is 36.4 Å². The lowest BCUT2D eigenvalue weighted by molar-refractivity contribution is -0.657. The summed E-state index contributed by atoms with van der Waals surface area (Å²) in [5.74, 6) is -72.5. The Morgan fingerprint density at radius 3 is 1.00 bits per heavy atom. The van der Waals surface area contributed by atoms with Gasteiger partial charge in [-0.2, -0.15) is 4.57 Å². The predicted octanol–water partition coefficient (Wildman–Crippen LogP) is 8.55. The minimum atomic E-state index is -7.22. The number of ketones is 1. The van der Waals surface area contributed by atoms with E-state index in [0.29, 0.717) is 11.1 Å². The molecule has 0 bridgehead atoms. The summed E-state index contributed by atoms with van der Waals surface area (Å²) >= 11 is 0. The number of benzene rings is 6. The Labute approximate surface area is 358 Å². The topological polar surface area (TPSA) is 58.2 Å². The van der Waals surface area contributed by atoms with Gasteiger partial charge in [0, 0.05) is 17.0 Å². The maximum absolute atomic E-state index is 15.4. The first-order valence-corrected chi connectivity index (χ1v) is 17.8. The summed E-state index contributed by atoms with van der Waals surface area (Å²) in [7, 11) is 0. The third kappa shape index (κ3) is 7.64. The average molecular weight is 971 g/mol. The van der Waals surface area contributed by atoms with Gasteiger partial charge in [0.05, 0.1) is 0 Å². The van der Waals surface area contributed by atoms with Gasteiger partial charge in [0.2, 0.25) is 17.8 Å². The van der Waals surface area contributed by atoms with Crippen LogP contribution in [0.2, 0.25) is 0 Å². The van der Waals surface area contributed by atoms with E-state index < -0.39 is 150 Å². The van der Waals surface area contributed by atoms with Gasteiger partial charge >= 0.3 is 5.97 Å². The van der Waals surface area contributed by atoms with E-state index in [2.05, 4.69) is 0 Å². The van der Waals surface area contributed by atoms with Crippen molar-refractivity contribution in [3.05, 3.63) is 194 Å². The maximum Gasteiger partial charge on any atom is 0.342 e. The number of carbonyl (C=O) groups is 2. The average Bonchev–Trinajstić information content (AvgIpc) is 3.31. The Morgan fingerprint density at radius 2 is 0.687 bits per heavy atom. The third-order valence-electron chi connectivity index (χ3n) is 10.2. The van der Waals surface area contributed by atoms with Crippen molar-refractivity contribution in [3.8, 4) is 0 Å². The molecule has 0 spiro atoms. The van der Waals surface area contributed by atoms with Crippen molar-refractivity contribution in [1.29, 1.82) is 0 Å². The second-order valence-electron chi connectivity index (χ2n) is 13.8. The number of Topliss-reactive ketones (excluding diaryl/α,β-unsaturated/α-hetero) is 1. The molecule has 4 nitrogen and oxygen atoms in total. The van der Waals surface area contributed by atoms with Crippen LogP contribution in [0.1, 0.15) is 20.7 Å². The molecule has 6 aromatic carbocycles. The van der Waals surface area contributed by atoms with Crippen molar-refractivity contribution in [1.82, 2.24) is 0 Å². The monoisotopic (exact) mass is 971 g/mol. The lowest BCUT2D eigenvalue weighted by Gasteiger charge is -2.44. The number of pyridine rings is 1. The summed E-state index contributed by atoms with van der Waals surface area (Å²) in [6.45, 7) is 0.103. The lowest BCUT2D eigenvalue weighted by atomic mass is 9.12. The van der Waals surface area contributed by atoms with Gasteiger partial charge in [-0.05, 0) is 18.2 Å². The zero-order chi connectivity index (χ0) is 49.9. The molecule has 0 radical (unpaired) electrons. The van der Waals surface area contributed by atoms with Crippen LogP contribution in [0.5, 0.6) is 0 Å². The van der Waals surface area contributed by atoms with Crippen molar-refractivity contribution < 1.29 is 107 Å². The second-order valence-corrected chi connectivity index (χ2v) is 13.8. The van der Waals surface area contributed by atoms with Crippen LogP contribution < -0.4 is 26.4 Å². The normalized spacial score (nSPS) is 11.5. The summed E-state index contributed by atoms with van der Waals surface area (Å²) in [6.07, 6.45) is -5.49. The molecule has 7 aromatic rings. The number of rotatable bonds is 8. The number of aromatic carboxylic acids is 1. The van der Waals surface area contributed by atoms with Gasteiger partial charge in [0.1, 0.15) is 58.2 Å². The second kappa shape index (κ2) is 18.1. The van der Waals surface area contributed by atoms with Crippen LogP contribution >= 0.6 is 0 Å². The Bertz CT molecular complexity index is 2840. The SMILES string of the molecule is Fc1c(F)c(F)c([B-](c2c(F)c(F)c(F)c(F)c2F)(c2c(F)c(F)c(F)c(F)c2F)c2c(F)c(F)c(F)c(F)c2F)c(F)c1F.O=C(C[n+]1cccc2cccc(C(=O)O)c21)c1ccccc1. The molecule has 67 heavy (non-hydrogen) atoms. The fourth-order valence-corrected chi connectivity index (χ4v) is 7.39. The summed E-state index contributed by atoms with van der Waals surface area (Å²) < 4.78 is 296. The predicted molar refractivity (Wildman–Crippen MR) is 191 cm³/mol. The van der Waals surface area contributed by atoms with Crippen LogP contribution in [0, 0.1) is 116 Å². The molecule has 0 amide bonds. The van der Waals surface area contributed by atoms with E-state index in [1.54, 1.807) is 35.0 Å². The quantitative estimate of drug-likeness (QED) is 0.0415. The zero-order valence-corrected chi connectivity index (χ0v) is 31.9. The largest absolute Gasteiger partial charge is 0.477 e. The molecule has 0 aliphatic rings. The molecule has 25 heteroatoms.